The Hall–Kier alpha value is -0.120. The number of hydrogen-bond acceptors (Lipinski definition) is 3. The monoisotopic (exact) mass is 270 g/mol. The van der Waals surface area contributed by atoms with Gasteiger partial charge in [-0.2, -0.15) is 0 Å². The fraction of sp³-hybridized carbons (Fsp3) is 1.00. The Morgan fingerprint density at radius 1 is 1.37 bits per heavy atom. The van der Waals surface area contributed by atoms with Crippen LogP contribution in [-0.4, -0.2) is 43.3 Å². The van der Waals surface area contributed by atoms with Crippen LogP contribution in [0.1, 0.15) is 59.3 Å². The first-order valence-electron chi connectivity index (χ1n) is 8.11. The van der Waals surface area contributed by atoms with Gasteiger partial charge in [-0.25, -0.2) is 0 Å². The van der Waals surface area contributed by atoms with Gasteiger partial charge in [0.1, 0.15) is 0 Å². The van der Waals surface area contributed by atoms with Crippen LogP contribution in [0, 0.1) is 5.92 Å². The summed E-state index contributed by atoms with van der Waals surface area (Å²) < 4.78 is 5.33. The van der Waals surface area contributed by atoms with Crippen LogP contribution in [0.4, 0.5) is 0 Å². The molecule has 0 saturated heterocycles. The molecule has 0 aromatic carbocycles. The molecule has 0 heterocycles. The van der Waals surface area contributed by atoms with E-state index in [0.29, 0.717) is 6.04 Å². The zero-order chi connectivity index (χ0) is 14.3. The van der Waals surface area contributed by atoms with Crippen molar-refractivity contribution in [1.29, 1.82) is 0 Å². The van der Waals surface area contributed by atoms with Gasteiger partial charge in [0.15, 0.2) is 0 Å². The molecule has 0 aromatic rings. The Kier molecular flexibility index (Phi) is 7.33. The van der Waals surface area contributed by atoms with E-state index >= 15 is 0 Å². The van der Waals surface area contributed by atoms with Crippen LogP contribution >= 0.6 is 0 Å². The van der Waals surface area contributed by atoms with Crippen LogP contribution in [0.25, 0.3) is 0 Å². The van der Waals surface area contributed by atoms with Crippen molar-refractivity contribution in [2.24, 2.45) is 11.7 Å². The maximum absolute atomic E-state index is 6.21. The van der Waals surface area contributed by atoms with Crippen molar-refractivity contribution in [2.45, 2.75) is 70.9 Å². The number of nitrogens with zero attached hydrogens (tertiary/aromatic N) is 1. The predicted molar refractivity (Wildman–Crippen MR) is 82.4 cm³/mol. The molecule has 0 aliphatic heterocycles. The van der Waals surface area contributed by atoms with Crippen LogP contribution in [-0.2, 0) is 4.74 Å². The number of hydrogen-bond donors (Lipinski definition) is 1. The summed E-state index contributed by atoms with van der Waals surface area (Å²) in [6.45, 7) is 9.54. The highest BCUT2D eigenvalue weighted by atomic mass is 16.5. The van der Waals surface area contributed by atoms with Gasteiger partial charge in [-0.1, -0.05) is 26.7 Å². The lowest BCUT2D eigenvalue weighted by Gasteiger charge is -2.47. The van der Waals surface area contributed by atoms with Gasteiger partial charge in [-0.15, -0.1) is 0 Å². The maximum atomic E-state index is 6.21. The average molecular weight is 270 g/mol. The zero-order valence-electron chi connectivity index (χ0n) is 13.5. The Morgan fingerprint density at radius 2 is 2.05 bits per heavy atom. The molecular formula is C16H34N2O. The second-order valence-electron chi connectivity index (χ2n) is 6.15. The summed E-state index contributed by atoms with van der Waals surface area (Å²) in [7, 11) is 1.79. The van der Waals surface area contributed by atoms with Gasteiger partial charge in [-0.3, -0.25) is 4.90 Å². The molecule has 1 aliphatic rings. The van der Waals surface area contributed by atoms with Crippen LogP contribution < -0.4 is 5.73 Å². The molecule has 0 bridgehead atoms. The van der Waals surface area contributed by atoms with E-state index in [2.05, 4.69) is 25.7 Å². The molecule has 1 rings (SSSR count). The van der Waals surface area contributed by atoms with Crippen molar-refractivity contribution >= 4 is 0 Å². The first-order chi connectivity index (χ1) is 9.15. The number of ether oxygens (including phenoxy) is 1. The SMILES string of the molecule is CCCCC(CC)(CN)N(CCOC)C(C)C1CC1. The first-order valence-corrected chi connectivity index (χ1v) is 8.11. The van der Waals surface area contributed by atoms with Crippen LogP contribution in [0.5, 0.6) is 0 Å². The average Bonchev–Trinajstić information content (AvgIpc) is 3.27. The molecule has 0 aromatic heterocycles. The Balaban J connectivity index is 2.80. The second kappa shape index (κ2) is 8.23. The Bertz CT molecular complexity index is 237. The predicted octanol–water partition coefficient (Wildman–Crippen LogP) is 3.03. The van der Waals surface area contributed by atoms with Crippen LogP contribution in [0.3, 0.4) is 0 Å². The first kappa shape index (κ1) is 16.9. The van der Waals surface area contributed by atoms with Gasteiger partial charge in [0.25, 0.3) is 0 Å². The third-order valence-corrected chi connectivity index (χ3v) is 4.98. The molecule has 114 valence electrons. The molecule has 1 saturated carbocycles. The lowest BCUT2D eigenvalue weighted by Crippen LogP contribution is -2.58. The van der Waals surface area contributed by atoms with Gasteiger partial charge in [0.05, 0.1) is 6.61 Å². The summed E-state index contributed by atoms with van der Waals surface area (Å²) in [5.74, 6) is 0.885. The summed E-state index contributed by atoms with van der Waals surface area (Å²) in [6.07, 6.45) is 7.66. The van der Waals surface area contributed by atoms with Gasteiger partial charge in [0.2, 0.25) is 0 Å². The molecule has 3 nitrogen and oxygen atoms in total. The normalized spacial score (nSPS) is 20.5. The van der Waals surface area contributed by atoms with E-state index < -0.39 is 0 Å². The number of unbranched alkanes of at least 4 members (excludes halogenated alkanes) is 1. The van der Waals surface area contributed by atoms with E-state index in [-0.39, 0.29) is 5.54 Å². The van der Waals surface area contributed by atoms with Crippen molar-refractivity contribution < 1.29 is 4.74 Å². The van der Waals surface area contributed by atoms with Crippen LogP contribution in [0.15, 0.2) is 0 Å². The van der Waals surface area contributed by atoms with Crippen molar-refractivity contribution in [3.63, 3.8) is 0 Å². The van der Waals surface area contributed by atoms with Gasteiger partial charge >= 0.3 is 0 Å². The molecule has 0 spiro atoms. The molecule has 3 heteroatoms. The summed E-state index contributed by atoms with van der Waals surface area (Å²) in [6, 6.07) is 0.649. The maximum Gasteiger partial charge on any atom is 0.0590 e. The van der Waals surface area contributed by atoms with Crippen molar-refractivity contribution in [1.82, 2.24) is 4.90 Å². The third-order valence-electron chi connectivity index (χ3n) is 4.98. The van der Waals surface area contributed by atoms with E-state index in [1.54, 1.807) is 7.11 Å². The Morgan fingerprint density at radius 3 is 2.47 bits per heavy atom. The fourth-order valence-corrected chi connectivity index (χ4v) is 3.29. The highest BCUT2D eigenvalue weighted by molar-refractivity contribution is 4.97. The Labute approximate surface area is 119 Å². The summed E-state index contributed by atoms with van der Waals surface area (Å²) in [4.78, 5) is 2.67. The van der Waals surface area contributed by atoms with E-state index in [4.69, 9.17) is 10.5 Å². The standard InChI is InChI=1S/C16H34N2O/c1-5-7-10-16(6-2,13-17)18(11-12-19-4)14(3)15-8-9-15/h14-15H,5-13,17H2,1-4H3. The van der Waals surface area contributed by atoms with Crippen molar-refractivity contribution in [2.75, 3.05) is 26.8 Å². The molecule has 2 unspecified atom stereocenters. The minimum absolute atomic E-state index is 0.177. The highest BCUT2D eigenvalue weighted by Gasteiger charge is 2.41. The third kappa shape index (κ3) is 4.44. The van der Waals surface area contributed by atoms with Gasteiger partial charge < -0.3 is 10.5 Å². The molecule has 1 aliphatic carbocycles. The minimum atomic E-state index is 0.177. The number of methoxy groups -OCH3 is 1. The summed E-state index contributed by atoms with van der Waals surface area (Å²) >= 11 is 0. The van der Waals surface area contributed by atoms with E-state index in [0.717, 1.165) is 32.0 Å². The summed E-state index contributed by atoms with van der Waals surface area (Å²) in [5.41, 5.74) is 6.38. The molecular weight excluding hydrogens is 236 g/mol. The van der Waals surface area contributed by atoms with Crippen LogP contribution in [0.2, 0.25) is 0 Å². The largest absolute Gasteiger partial charge is 0.383 e. The minimum Gasteiger partial charge on any atom is -0.383 e. The van der Waals surface area contributed by atoms with E-state index in [1.807, 2.05) is 0 Å². The van der Waals surface area contributed by atoms with E-state index in [9.17, 15) is 0 Å². The quantitative estimate of drug-likeness (QED) is 0.627. The molecule has 0 amide bonds. The van der Waals surface area contributed by atoms with Gasteiger partial charge in [-0.05, 0) is 38.5 Å². The molecule has 0 radical (unpaired) electrons. The number of rotatable bonds is 11. The lowest BCUT2D eigenvalue weighted by molar-refractivity contribution is 0.0115. The van der Waals surface area contributed by atoms with Crippen molar-refractivity contribution in [3.8, 4) is 0 Å². The molecule has 1 fully saturated rings. The molecule has 2 N–H and O–H groups in total. The zero-order valence-corrected chi connectivity index (χ0v) is 13.5. The second-order valence-corrected chi connectivity index (χ2v) is 6.15. The number of nitrogens with two attached hydrogens (primary N) is 1. The highest BCUT2D eigenvalue weighted by Crippen LogP contribution is 2.39. The fourth-order valence-electron chi connectivity index (χ4n) is 3.29. The molecule has 2 atom stereocenters. The van der Waals surface area contributed by atoms with Gasteiger partial charge in [0, 0.05) is 31.8 Å². The topological polar surface area (TPSA) is 38.5 Å². The van der Waals surface area contributed by atoms with Crippen molar-refractivity contribution in [3.05, 3.63) is 0 Å². The summed E-state index contributed by atoms with van der Waals surface area (Å²) in [5, 5.41) is 0. The molecule has 19 heavy (non-hydrogen) atoms. The van der Waals surface area contributed by atoms with E-state index in [1.165, 1.54) is 32.1 Å². The smallest absolute Gasteiger partial charge is 0.0590 e. The lowest BCUT2D eigenvalue weighted by atomic mass is 9.85.